The van der Waals surface area contributed by atoms with Crippen LogP contribution in [0.1, 0.15) is 11.4 Å². The van der Waals surface area contributed by atoms with Crippen LogP contribution in [0.5, 0.6) is 0 Å². The maximum absolute atomic E-state index is 13.2. The zero-order chi connectivity index (χ0) is 20.7. The third kappa shape index (κ3) is 3.08. The number of fused-ring (bicyclic) bond motifs is 1. The number of aromatic nitrogens is 5. The maximum atomic E-state index is 13.2. The summed E-state index contributed by atoms with van der Waals surface area (Å²) in [6.45, 7) is 3.76. The summed E-state index contributed by atoms with van der Waals surface area (Å²) in [4.78, 5) is 26.4. The van der Waals surface area contributed by atoms with Crippen LogP contribution in [0.4, 0.5) is 0 Å². The molecule has 1 N–H and O–H groups in total. The molecule has 5 aromatic rings. The number of aromatic amines is 1. The summed E-state index contributed by atoms with van der Waals surface area (Å²) in [6, 6.07) is 22.1. The highest BCUT2D eigenvalue weighted by molar-refractivity contribution is 5.92. The van der Waals surface area contributed by atoms with Gasteiger partial charge >= 0.3 is 0 Å². The summed E-state index contributed by atoms with van der Waals surface area (Å²) in [5.74, 6) is 0.320. The molecule has 0 unspecified atom stereocenters. The summed E-state index contributed by atoms with van der Waals surface area (Å²) < 4.78 is 1.36. The number of rotatable bonds is 3. The summed E-state index contributed by atoms with van der Waals surface area (Å²) in [5.41, 5.74) is 5.94. The van der Waals surface area contributed by atoms with Crippen molar-refractivity contribution in [3.8, 4) is 28.2 Å². The van der Waals surface area contributed by atoms with Crippen molar-refractivity contribution in [2.24, 2.45) is 0 Å². The second-order valence-corrected chi connectivity index (χ2v) is 7.23. The van der Waals surface area contributed by atoms with Crippen molar-refractivity contribution in [3.63, 3.8) is 0 Å². The molecule has 146 valence electrons. The van der Waals surface area contributed by atoms with Gasteiger partial charge in [0.2, 0.25) is 0 Å². The number of aryl methyl sites for hydroxylation is 2. The molecule has 0 spiro atoms. The van der Waals surface area contributed by atoms with Crippen molar-refractivity contribution in [3.05, 3.63) is 94.7 Å². The van der Waals surface area contributed by atoms with Crippen LogP contribution in [-0.4, -0.2) is 24.7 Å². The molecule has 5 rings (SSSR count). The molecule has 2 aromatic carbocycles. The topological polar surface area (TPSA) is 76.5 Å². The summed E-state index contributed by atoms with van der Waals surface area (Å²) in [7, 11) is 0. The smallest absolute Gasteiger partial charge is 0.271 e. The minimum Gasteiger partial charge on any atom is -0.271 e. The van der Waals surface area contributed by atoms with E-state index in [2.05, 4.69) is 44.3 Å². The van der Waals surface area contributed by atoms with Crippen molar-refractivity contribution >= 4 is 11.0 Å². The van der Waals surface area contributed by atoms with Gasteiger partial charge in [0.1, 0.15) is 0 Å². The zero-order valence-corrected chi connectivity index (χ0v) is 16.6. The molecule has 0 radical (unpaired) electrons. The fourth-order valence-corrected chi connectivity index (χ4v) is 3.69. The van der Waals surface area contributed by atoms with E-state index >= 15 is 0 Å². The van der Waals surface area contributed by atoms with Gasteiger partial charge in [0.05, 0.1) is 5.39 Å². The highest BCUT2D eigenvalue weighted by atomic mass is 16.1. The van der Waals surface area contributed by atoms with Crippen LogP contribution in [0.3, 0.4) is 0 Å². The summed E-state index contributed by atoms with van der Waals surface area (Å²) in [6.07, 6.45) is 1.70. The molecule has 0 aliphatic rings. The normalized spacial score (nSPS) is 11.1. The molecule has 0 bridgehead atoms. The Kier molecular flexibility index (Phi) is 4.25. The van der Waals surface area contributed by atoms with E-state index in [1.54, 1.807) is 6.20 Å². The Labute approximate surface area is 172 Å². The fourth-order valence-electron chi connectivity index (χ4n) is 3.69. The highest BCUT2D eigenvalue weighted by Gasteiger charge is 2.16. The van der Waals surface area contributed by atoms with Gasteiger partial charge in [-0.25, -0.2) is 15.0 Å². The summed E-state index contributed by atoms with van der Waals surface area (Å²) >= 11 is 0. The first-order valence-electron chi connectivity index (χ1n) is 9.68. The first-order chi connectivity index (χ1) is 14.6. The summed E-state index contributed by atoms with van der Waals surface area (Å²) in [5, 5.41) is 3.57. The Bertz CT molecular complexity index is 1400. The monoisotopic (exact) mass is 393 g/mol. The predicted molar refractivity (Wildman–Crippen MR) is 118 cm³/mol. The third-order valence-electron chi connectivity index (χ3n) is 5.06. The van der Waals surface area contributed by atoms with Crippen LogP contribution >= 0.6 is 0 Å². The Morgan fingerprint density at radius 1 is 0.800 bits per heavy atom. The average Bonchev–Trinajstić information content (AvgIpc) is 3.11. The van der Waals surface area contributed by atoms with Crippen LogP contribution < -0.4 is 5.56 Å². The molecule has 6 nitrogen and oxygen atoms in total. The molecule has 0 aliphatic heterocycles. The average molecular weight is 393 g/mol. The molecule has 3 heterocycles. The van der Waals surface area contributed by atoms with Crippen LogP contribution in [0.15, 0.2) is 77.7 Å². The lowest BCUT2D eigenvalue weighted by Gasteiger charge is -2.05. The van der Waals surface area contributed by atoms with Gasteiger partial charge in [-0.3, -0.25) is 9.89 Å². The number of benzene rings is 2. The van der Waals surface area contributed by atoms with Crippen molar-refractivity contribution in [1.29, 1.82) is 0 Å². The molecule has 0 saturated carbocycles. The number of hydrogen-bond donors (Lipinski definition) is 1. The van der Waals surface area contributed by atoms with Gasteiger partial charge in [0.25, 0.3) is 11.5 Å². The molecule has 0 atom stereocenters. The molecule has 0 fully saturated rings. The van der Waals surface area contributed by atoms with Gasteiger partial charge in [-0.1, -0.05) is 54.6 Å². The van der Waals surface area contributed by atoms with Crippen LogP contribution in [0, 0.1) is 13.8 Å². The second kappa shape index (κ2) is 7.08. The SMILES string of the molecule is Cc1cc(C)nc(-n2[nH]c3nccc(-c4ccc(-c5ccccc5)cc4)c3c2=O)n1. The number of H-pyrrole nitrogens is 1. The quantitative estimate of drug-likeness (QED) is 0.491. The molecule has 0 saturated heterocycles. The number of nitrogens with zero attached hydrogens (tertiary/aromatic N) is 4. The highest BCUT2D eigenvalue weighted by Crippen LogP contribution is 2.28. The van der Waals surface area contributed by atoms with E-state index in [4.69, 9.17) is 0 Å². The first-order valence-corrected chi connectivity index (χ1v) is 9.68. The molecule has 6 heteroatoms. The van der Waals surface area contributed by atoms with Crippen LogP contribution in [-0.2, 0) is 0 Å². The predicted octanol–water partition coefficient (Wildman–Crippen LogP) is 4.45. The van der Waals surface area contributed by atoms with Crippen molar-refractivity contribution in [2.45, 2.75) is 13.8 Å². The van der Waals surface area contributed by atoms with Crippen molar-refractivity contribution in [1.82, 2.24) is 24.7 Å². The lowest BCUT2D eigenvalue weighted by molar-refractivity contribution is 0.778. The van der Waals surface area contributed by atoms with E-state index in [1.165, 1.54) is 4.68 Å². The molecule has 0 amide bonds. The van der Waals surface area contributed by atoms with E-state index < -0.39 is 0 Å². The first kappa shape index (κ1) is 18.0. The third-order valence-corrected chi connectivity index (χ3v) is 5.06. The lowest BCUT2D eigenvalue weighted by atomic mass is 9.99. The maximum Gasteiger partial charge on any atom is 0.284 e. The Morgan fingerprint density at radius 3 is 2.13 bits per heavy atom. The van der Waals surface area contributed by atoms with Crippen LogP contribution in [0.2, 0.25) is 0 Å². The number of hydrogen-bond acceptors (Lipinski definition) is 4. The van der Waals surface area contributed by atoms with E-state index in [0.717, 1.165) is 33.6 Å². The van der Waals surface area contributed by atoms with Gasteiger partial charge in [-0.2, -0.15) is 4.68 Å². The van der Waals surface area contributed by atoms with Crippen molar-refractivity contribution in [2.75, 3.05) is 0 Å². The van der Waals surface area contributed by atoms with E-state index in [1.807, 2.05) is 56.3 Å². The van der Waals surface area contributed by atoms with Gasteiger partial charge in [0.15, 0.2) is 5.65 Å². The van der Waals surface area contributed by atoms with E-state index in [0.29, 0.717) is 17.0 Å². The zero-order valence-electron chi connectivity index (χ0n) is 16.6. The van der Waals surface area contributed by atoms with Gasteiger partial charge in [0, 0.05) is 17.6 Å². The Hall–Kier alpha value is -4.06. The van der Waals surface area contributed by atoms with E-state index in [-0.39, 0.29) is 5.56 Å². The molecule has 3 aromatic heterocycles. The molecular formula is C24H19N5O. The minimum atomic E-state index is -0.217. The Morgan fingerprint density at radius 2 is 1.43 bits per heavy atom. The van der Waals surface area contributed by atoms with Crippen LogP contribution in [0.25, 0.3) is 39.2 Å². The molecular weight excluding hydrogens is 374 g/mol. The van der Waals surface area contributed by atoms with Gasteiger partial charge in [-0.05, 0) is 48.2 Å². The molecule has 0 aliphatic carbocycles. The van der Waals surface area contributed by atoms with Gasteiger partial charge < -0.3 is 0 Å². The molecule has 30 heavy (non-hydrogen) atoms. The lowest BCUT2D eigenvalue weighted by Crippen LogP contribution is -2.18. The Balaban J connectivity index is 1.64. The number of pyridine rings is 1. The minimum absolute atomic E-state index is 0.217. The van der Waals surface area contributed by atoms with Gasteiger partial charge in [-0.15, -0.1) is 0 Å². The largest absolute Gasteiger partial charge is 0.284 e. The fraction of sp³-hybridized carbons (Fsp3) is 0.0833. The standard InChI is InChI=1S/C24H19N5O/c1-15-14-16(2)27-24(26-15)29-23(30)21-20(12-13-25-22(21)28-29)19-10-8-18(9-11-19)17-6-4-3-5-7-17/h3-14H,1-2H3,(H,25,28). The van der Waals surface area contributed by atoms with E-state index in [9.17, 15) is 4.79 Å². The second-order valence-electron chi connectivity index (χ2n) is 7.23. The number of nitrogens with one attached hydrogen (secondary N) is 1. The van der Waals surface area contributed by atoms with Crippen molar-refractivity contribution < 1.29 is 0 Å².